The van der Waals surface area contributed by atoms with Crippen LogP contribution in [0.2, 0.25) is 0 Å². The molecule has 3 nitrogen and oxygen atoms in total. The number of hydrogen-bond donors (Lipinski definition) is 1. The van der Waals surface area contributed by atoms with Crippen LogP contribution in [0.4, 0.5) is 5.69 Å². The molecular formula is C19H15N3S. The highest BCUT2D eigenvalue weighted by Gasteiger charge is 2.04. The van der Waals surface area contributed by atoms with Gasteiger partial charge in [-0.25, -0.2) is 4.99 Å². The fourth-order valence-corrected chi connectivity index (χ4v) is 2.85. The first-order valence-corrected chi connectivity index (χ1v) is 8.40. The number of benzene rings is 3. The molecule has 3 aromatic carbocycles. The molecule has 0 aromatic heterocycles. The molecule has 1 N–H and O–H groups in total. The second kappa shape index (κ2) is 6.99. The molecule has 0 saturated heterocycles. The molecule has 3 rings (SSSR count). The van der Waals surface area contributed by atoms with Crippen LogP contribution in [0.15, 0.2) is 71.7 Å². The van der Waals surface area contributed by atoms with E-state index in [2.05, 4.69) is 52.8 Å². The summed E-state index contributed by atoms with van der Waals surface area (Å²) in [5, 5.41) is 14.4. The zero-order valence-corrected chi connectivity index (χ0v) is 13.5. The van der Waals surface area contributed by atoms with Crippen LogP contribution in [-0.2, 0) is 0 Å². The smallest absolute Gasteiger partial charge is 0.183 e. The molecule has 0 spiro atoms. The van der Waals surface area contributed by atoms with Crippen molar-refractivity contribution in [3.63, 3.8) is 0 Å². The minimum atomic E-state index is 0.586. The van der Waals surface area contributed by atoms with Crippen molar-refractivity contribution in [1.82, 2.24) is 5.32 Å². The quantitative estimate of drug-likeness (QED) is 0.315. The van der Waals surface area contributed by atoms with E-state index < -0.39 is 0 Å². The molecule has 4 heteroatoms. The lowest BCUT2D eigenvalue weighted by Gasteiger charge is -2.08. The number of amidine groups is 1. The topological polar surface area (TPSA) is 48.2 Å². The van der Waals surface area contributed by atoms with Gasteiger partial charge < -0.3 is 0 Å². The number of thioether (sulfide) groups is 1. The largest absolute Gasteiger partial charge is 0.271 e. The van der Waals surface area contributed by atoms with Crippen LogP contribution in [0.5, 0.6) is 0 Å². The minimum Gasteiger partial charge on any atom is -0.271 e. The van der Waals surface area contributed by atoms with E-state index in [9.17, 15) is 0 Å². The number of nitrogens with zero attached hydrogens (tertiary/aromatic N) is 2. The van der Waals surface area contributed by atoms with Gasteiger partial charge in [-0.2, -0.15) is 5.26 Å². The average molecular weight is 317 g/mol. The predicted octanol–water partition coefficient (Wildman–Crippen LogP) is 4.93. The van der Waals surface area contributed by atoms with Crippen molar-refractivity contribution >= 4 is 33.4 Å². The van der Waals surface area contributed by atoms with Gasteiger partial charge >= 0.3 is 0 Å². The molecule has 0 amide bonds. The Balaban J connectivity index is 2.07. The highest BCUT2D eigenvalue weighted by molar-refractivity contribution is 8.13. The second-order valence-corrected chi connectivity index (χ2v) is 5.73. The molecule has 0 atom stereocenters. The zero-order valence-electron chi connectivity index (χ0n) is 12.7. The van der Waals surface area contributed by atoms with Gasteiger partial charge in [0.05, 0.1) is 5.69 Å². The van der Waals surface area contributed by atoms with E-state index in [0.717, 1.165) is 11.3 Å². The Labute approximate surface area is 139 Å². The highest BCUT2D eigenvalue weighted by atomic mass is 32.2. The third-order valence-corrected chi connectivity index (χ3v) is 4.11. The van der Waals surface area contributed by atoms with E-state index in [0.29, 0.717) is 5.17 Å². The monoisotopic (exact) mass is 317 g/mol. The SMILES string of the molecule is CSC(=Nc1cccc(-c2cccc3ccccc23)c1)NC#N. The summed E-state index contributed by atoms with van der Waals surface area (Å²) in [7, 11) is 0. The molecule has 3 aromatic rings. The van der Waals surface area contributed by atoms with E-state index in [1.54, 1.807) is 0 Å². The molecule has 0 fully saturated rings. The maximum absolute atomic E-state index is 8.74. The van der Waals surface area contributed by atoms with Gasteiger partial charge in [-0.05, 0) is 40.3 Å². The van der Waals surface area contributed by atoms with Gasteiger partial charge in [0, 0.05) is 0 Å². The first kappa shape index (κ1) is 15.1. The fraction of sp³-hybridized carbons (Fsp3) is 0.0526. The first-order chi connectivity index (χ1) is 11.3. The van der Waals surface area contributed by atoms with Gasteiger partial charge in [0.1, 0.15) is 0 Å². The Morgan fingerprint density at radius 3 is 2.65 bits per heavy atom. The normalized spacial score (nSPS) is 11.2. The standard InChI is InChI=1S/C19H15N3S/c1-23-19(21-13-20)22-16-9-4-8-15(12-16)18-11-5-7-14-6-2-3-10-17(14)18/h2-12H,1H3,(H,21,22). The Morgan fingerprint density at radius 2 is 1.83 bits per heavy atom. The summed E-state index contributed by atoms with van der Waals surface area (Å²) in [5.74, 6) is 0. The molecule has 112 valence electrons. The lowest BCUT2D eigenvalue weighted by molar-refractivity contribution is 1.28. The van der Waals surface area contributed by atoms with Crippen LogP contribution in [0.1, 0.15) is 0 Å². The summed E-state index contributed by atoms with van der Waals surface area (Å²) in [5.41, 5.74) is 3.11. The second-order valence-electron chi connectivity index (χ2n) is 4.93. The van der Waals surface area contributed by atoms with Crippen molar-refractivity contribution in [2.24, 2.45) is 4.99 Å². The van der Waals surface area contributed by atoms with E-state index in [4.69, 9.17) is 5.26 Å². The van der Waals surface area contributed by atoms with E-state index >= 15 is 0 Å². The molecule has 0 aliphatic carbocycles. The third kappa shape index (κ3) is 3.36. The number of hydrogen-bond acceptors (Lipinski definition) is 3. The van der Waals surface area contributed by atoms with Gasteiger partial charge in [-0.15, -0.1) is 0 Å². The molecule has 0 saturated carbocycles. The van der Waals surface area contributed by atoms with Gasteiger partial charge in [0.25, 0.3) is 0 Å². The maximum atomic E-state index is 8.74. The van der Waals surface area contributed by atoms with Crippen molar-refractivity contribution in [2.75, 3.05) is 6.26 Å². The van der Waals surface area contributed by atoms with Crippen LogP contribution >= 0.6 is 11.8 Å². The van der Waals surface area contributed by atoms with Crippen molar-refractivity contribution in [2.45, 2.75) is 0 Å². The number of rotatable bonds is 2. The maximum Gasteiger partial charge on any atom is 0.183 e. The van der Waals surface area contributed by atoms with Gasteiger partial charge in [0.2, 0.25) is 0 Å². The third-order valence-electron chi connectivity index (χ3n) is 3.53. The van der Waals surface area contributed by atoms with Crippen LogP contribution in [-0.4, -0.2) is 11.4 Å². The van der Waals surface area contributed by atoms with Crippen molar-refractivity contribution in [1.29, 1.82) is 5.26 Å². The van der Waals surface area contributed by atoms with Crippen LogP contribution in [0.25, 0.3) is 21.9 Å². The molecule has 0 bridgehead atoms. The van der Waals surface area contributed by atoms with Crippen molar-refractivity contribution < 1.29 is 0 Å². The number of nitrogens with one attached hydrogen (secondary N) is 1. The van der Waals surface area contributed by atoms with E-state index in [1.807, 2.05) is 36.7 Å². The van der Waals surface area contributed by atoms with E-state index in [-0.39, 0.29) is 0 Å². The highest BCUT2D eigenvalue weighted by Crippen LogP contribution is 2.30. The Bertz CT molecular complexity index is 904. The number of aliphatic imine (C=N–C) groups is 1. The van der Waals surface area contributed by atoms with Crippen LogP contribution < -0.4 is 5.32 Å². The van der Waals surface area contributed by atoms with Crippen molar-refractivity contribution in [3.8, 4) is 17.3 Å². The Hall–Kier alpha value is -2.77. The van der Waals surface area contributed by atoms with E-state index in [1.165, 1.54) is 28.1 Å². The van der Waals surface area contributed by atoms with Crippen molar-refractivity contribution in [3.05, 3.63) is 66.7 Å². The fourth-order valence-electron chi connectivity index (χ4n) is 2.51. The summed E-state index contributed by atoms with van der Waals surface area (Å²) < 4.78 is 0. The lowest BCUT2D eigenvalue weighted by atomic mass is 9.98. The molecule has 0 heterocycles. The summed E-state index contributed by atoms with van der Waals surface area (Å²) in [6.45, 7) is 0. The Morgan fingerprint density at radius 1 is 1.04 bits per heavy atom. The summed E-state index contributed by atoms with van der Waals surface area (Å²) >= 11 is 1.41. The molecule has 0 radical (unpaired) electrons. The molecule has 23 heavy (non-hydrogen) atoms. The van der Waals surface area contributed by atoms with Gasteiger partial charge in [-0.3, -0.25) is 5.32 Å². The minimum absolute atomic E-state index is 0.586. The summed E-state index contributed by atoms with van der Waals surface area (Å²) in [6.07, 6.45) is 3.79. The number of fused-ring (bicyclic) bond motifs is 1. The number of nitriles is 1. The van der Waals surface area contributed by atoms with Gasteiger partial charge in [0.15, 0.2) is 11.4 Å². The Kier molecular flexibility index (Phi) is 4.60. The predicted molar refractivity (Wildman–Crippen MR) is 98.7 cm³/mol. The average Bonchev–Trinajstić information content (AvgIpc) is 2.61. The molecule has 0 unspecified atom stereocenters. The summed E-state index contributed by atoms with van der Waals surface area (Å²) in [4.78, 5) is 4.48. The summed E-state index contributed by atoms with van der Waals surface area (Å²) in [6, 6.07) is 22.7. The molecule has 0 aliphatic rings. The molecule has 0 aliphatic heterocycles. The zero-order chi connectivity index (χ0) is 16.1. The lowest BCUT2D eigenvalue weighted by Crippen LogP contribution is -2.12. The first-order valence-electron chi connectivity index (χ1n) is 7.18. The van der Waals surface area contributed by atoms with Crippen LogP contribution in [0, 0.1) is 11.5 Å². The molecular weight excluding hydrogens is 302 g/mol. The van der Waals surface area contributed by atoms with Gasteiger partial charge in [-0.1, -0.05) is 66.4 Å². The van der Waals surface area contributed by atoms with Crippen LogP contribution in [0.3, 0.4) is 0 Å².